The van der Waals surface area contributed by atoms with Crippen LogP contribution in [-0.4, -0.2) is 32.1 Å². The van der Waals surface area contributed by atoms with Gasteiger partial charge in [-0.25, -0.2) is 0 Å². The topological polar surface area (TPSA) is 39.7 Å². The van der Waals surface area contributed by atoms with Gasteiger partial charge in [0.2, 0.25) is 0 Å². The summed E-state index contributed by atoms with van der Waals surface area (Å²) in [7, 11) is 1.82. The molecule has 1 aromatic rings. The van der Waals surface area contributed by atoms with Crippen LogP contribution in [0.4, 0.5) is 5.69 Å². The van der Waals surface area contributed by atoms with Crippen LogP contribution in [0, 0.1) is 0 Å². The van der Waals surface area contributed by atoms with Crippen LogP contribution in [0.15, 0.2) is 53.6 Å². The summed E-state index contributed by atoms with van der Waals surface area (Å²) >= 11 is 0. The molecule has 1 aromatic carbocycles. The molecule has 0 amide bonds. The third-order valence-electron chi connectivity index (χ3n) is 4.15. The van der Waals surface area contributed by atoms with Crippen molar-refractivity contribution in [1.29, 1.82) is 0 Å². The fourth-order valence-corrected chi connectivity index (χ4v) is 2.82. The standard InChI is InChI=1S/C18H24N4.HI/c1-19-18(21-16-6-2-3-7-16)20-14-15-8-10-17(11-9-15)22-12-4-5-13-22;/h2-5,8-11,16H,6-7,12-14H2,1H3,(H2,19,20,21);1H. The van der Waals surface area contributed by atoms with Crippen LogP contribution in [-0.2, 0) is 6.54 Å². The van der Waals surface area contributed by atoms with Gasteiger partial charge in [0, 0.05) is 38.4 Å². The average molecular weight is 424 g/mol. The van der Waals surface area contributed by atoms with Gasteiger partial charge in [-0.2, -0.15) is 0 Å². The molecule has 124 valence electrons. The van der Waals surface area contributed by atoms with Gasteiger partial charge in [0.1, 0.15) is 0 Å². The second kappa shape index (κ2) is 8.96. The molecule has 5 heteroatoms. The van der Waals surface area contributed by atoms with Gasteiger partial charge >= 0.3 is 0 Å². The number of aliphatic imine (C=N–C) groups is 1. The van der Waals surface area contributed by atoms with Crippen molar-refractivity contribution >= 4 is 35.6 Å². The van der Waals surface area contributed by atoms with Gasteiger partial charge in [-0.3, -0.25) is 4.99 Å². The minimum atomic E-state index is 0. The van der Waals surface area contributed by atoms with E-state index in [0.717, 1.165) is 38.4 Å². The Morgan fingerprint density at radius 2 is 1.74 bits per heavy atom. The van der Waals surface area contributed by atoms with E-state index in [1.54, 1.807) is 0 Å². The van der Waals surface area contributed by atoms with E-state index in [1.165, 1.54) is 11.3 Å². The highest BCUT2D eigenvalue weighted by Gasteiger charge is 2.11. The number of rotatable bonds is 4. The molecule has 0 unspecified atom stereocenters. The lowest BCUT2D eigenvalue weighted by atomic mass is 10.2. The minimum Gasteiger partial charge on any atom is -0.364 e. The van der Waals surface area contributed by atoms with Crippen LogP contribution in [0.3, 0.4) is 0 Å². The average Bonchev–Trinajstić information content (AvgIpc) is 3.25. The summed E-state index contributed by atoms with van der Waals surface area (Å²) in [5.41, 5.74) is 2.55. The molecule has 2 aliphatic rings. The van der Waals surface area contributed by atoms with Crippen LogP contribution >= 0.6 is 24.0 Å². The Hall–Kier alpha value is -1.50. The van der Waals surface area contributed by atoms with Crippen LogP contribution < -0.4 is 15.5 Å². The molecule has 0 fully saturated rings. The van der Waals surface area contributed by atoms with Crippen molar-refractivity contribution in [3.63, 3.8) is 0 Å². The quantitative estimate of drug-likeness (QED) is 0.338. The lowest BCUT2D eigenvalue weighted by Gasteiger charge is -2.19. The Bertz CT molecular complexity index is 561. The molecule has 3 rings (SSSR count). The van der Waals surface area contributed by atoms with Crippen molar-refractivity contribution in [1.82, 2.24) is 10.6 Å². The third-order valence-corrected chi connectivity index (χ3v) is 4.15. The maximum atomic E-state index is 4.30. The zero-order chi connectivity index (χ0) is 15.2. The van der Waals surface area contributed by atoms with Crippen LogP contribution in [0.1, 0.15) is 18.4 Å². The summed E-state index contributed by atoms with van der Waals surface area (Å²) in [5.74, 6) is 0.876. The van der Waals surface area contributed by atoms with Crippen LogP contribution in [0.5, 0.6) is 0 Å². The zero-order valence-electron chi connectivity index (χ0n) is 13.5. The van der Waals surface area contributed by atoms with E-state index in [1.807, 2.05) is 7.05 Å². The van der Waals surface area contributed by atoms with Crippen molar-refractivity contribution in [2.75, 3.05) is 25.0 Å². The summed E-state index contributed by atoms with van der Waals surface area (Å²) in [5, 5.41) is 6.84. The van der Waals surface area contributed by atoms with E-state index >= 15 is 0 Å². The molecule has 4 nitrogen and oxygen atoms in total. The number of nitrogens with one attached hydrogen (secondary N) is 2. The molecule has 1 aliphatic carbocycles. The fourth-order valence-electron chi connectivity index (χ4n) is 2.82. The SMILES string of the molecule is CN=C(NCc1ccc(N2CC=CC2)cc1)NC1CC=CC1.I. The molecule has 2 N–H and O–H groups in total. The van der Waals surface area contributed by atoms with Gasteiger partial charge in [0.15, 0.2) is 5.96 Å². The van der Waals surface area contributed by atoms with Crippen LogP contribution in [0.25, 0.3) is 0 Å². The number of hydrogen-bond acceptors (Lipinski definition) is 2. The molecular weight excluding hydrogens is 399 g/mol. The van der Waals surface area contributed by atoms with Crippen molar-refractivity contribution in [3.8, 4) is 0 Å². The highest BCUT2D eigenvalue weighted by molar-refractivity contribution is 14.0. The molecular formula is C18H25IN4. The molecule has 0 saturated carbocycles. The fraction of sp³-hybridized carbons (Fsp3) is 0.389. The predicted molar refractivity (Wildman–Crippen MR) is 109 cm³/mol. The zero-order valence-corrected chi connectivity index (χ0v) is 15.9. The highest BCUT2D eigenvalue weighted by atomic mass is 127. The molecule has 0 radical (unpaired) electrons. The van der Waals surface area contributed by atoms with E-state index in [-0.39, 0.29) is 24.0 Å². The molecule has 1 aliphatic heterocycles. The van der Waals surface area contributed by atoms with E-state index < -0.39 is 0 Å². The van der Waals surface area contributed by atoms with E-state index in [4.69, 9.17) is 0 Å². The van der Waals surface area contributed by atoms with E-state index in [0.29, 0.717) is 6.04 Å². The monoisotopic (exact) mass is 424 g/mol. The minimum absolute atomic E-state index is 0. The number of guanidine groups is 1. The van der Waals surface area contributed by atoms with Gasteiger partial charge in [0.05, 0.1) is 0 Å². The number of benzene rings is 1. The predicted octanol–water partition coefficient (Wildman–Crippen LogP) is 3.06. The van der Waals surface area contributed by atoms with Gasteiger partial charge in [-0.1, -0.05) is 36.4 Å². The summed E-state index contributed by atoms with van der Waals surface area (Å²) in [6, 6.07) is 9.24. The maximum absolute atomic E-state index is 4.30. The summed E-state index contributed by atoms with van der Waals surface area (Å²) < 4.78 is 0. The molecule has 0 aromatic heterocycles. The second-order valence-corrected chi connectivity index (χ2v) is 5.75. The first kappa shape index (κ1) is 17.8. The smallest absolute Gasteiger partial charge is 0.191 e. The maximum Gasteiger partial charge on any atom is 0.191 e. The molecule has 0 atom stereocenters. The summed E-state index contributed by atoms with van der Waals surface area (Å²) in [6.45, 7) is 2.82. The molecule has 0 spiro atoms. The Balaban J connectivity index is 0.00000192. The Morgan fingerprint density at radius 3 is 2.35 bits per heavy atom. The largest absolute Gasteiger partial charge is 0.364 e. The molecule has 23 heavy (non-hydrogen) atoms. The Kier molecular flexibility index (Phi) is 6.95. The number of halogens is 1. The first-order chi connectivity index (χ1) is 10.8. The molecule has 0 bridgehead atoms. The molecule has 0 saturated heterocycles. The van der Waals surface area contributed by atoms with Crippen LogP contribution in [0.2, 0.25) is 0 Å². The lowest BCUT2D eigenvalue weighted by molar-refractivity contribution is 0.633. The van der Waals surface area contributed by atoms with Crippen molar-refractivity contribution in [3.05, 3.63) is 54.1 Å². The Labute approximate surface area is 155 Å². The Morgan fingerprint density at radius 1 is 1.09 bits per heavy atom. The first-order valence-corrected chi connectivity index (χ1v) is 7.96. The van der Waals surface area contributed by atoms with Gasteiger partial charge < -0.3 is 15.5 Å². The van der Waals surface area contributed by atoms with Crippen molar-refractivity contribution in [2.24, 2.45) is 4.99 Å². The summed E-state index contributed by atoms with van der Waals surface area (Å²) in [6.07, 6.45) is 11.0. The number of anilines is 1. The number of hydrogen-bond donors (Lipinski definition) is 2. The number of nitrogens with zero attached hydrogens (tertiary/aromatic N) is 2. The highest BCUT2D eigenvalue weighted by Crippen LogP contribution is 2.17. The lowest BCUT2D eigenvalue weighted by Crippen LogP contribution is -2.42. The second-order valence-electron chi connectivity index (χ2n) is 5.75. The van der Waals surface area contributed by atoms with E-state index in [2.05, 4.69) is 69.1 Å². The summed E-state index contributed by atoms with van der Waals surface area (Å²) in [4.78, 5) is 6.65. The van der Waals surface area contributed by atoms with Crippen molar-refractivity contribution < 1.29 is 0 Å². The van der Waals surface area contributed by atoms with Crippen molar-refractivity contribution in [2.45, 2.75) is 25.4 Å². The van der Waals surface area contributed by atoms with Gasteiger partial charge in [-0.05, 0) is 30.5 Å². The van der Waals surface area contributed by atoms with E-state index in [9.17, 15) is 0 Å². The first-order valence-electron chi connectivity index (χ1n) is 7.96. The normalized spacial score (nSPS) is 17.4. The third kappa shape index (κ3) is 4.99. The molecule has 1 heterocycles. The van der Waals surface area contributed by atoms with Gasteiger partial charge in [0.25, 0.3) is 0 Å². The van der Waals surface area contributed by atoms with Gasteiger partial charge in [-0.15, -0.1) is 24.0 Å².